The van der Waals surface area contributed by atoms with Crippen LogP contribution in [0.3, 0.4) is 0 Å². The number of carbonyl (C=O) groups is 2. The molecule has 0 bridgehead atoms. The summed E-state index contributed by atoms with van der Waals surface area (Å²) in [4.78, 5) is 28.6. The minimum atomic E-state index is -0.685. The van der Waals surface area contributed by atoms with Crippen molar-refractivity contribution < 1.29 is 14.3 Å². The number of anilines is 1. The van der Waals surface area contributed by atoms with Crippen molar-refractivity contribution in [2.45, 2.75) is 45.6 Å². The number of benzene rings is 1. The van der Waals surface area contributed by atoms with Crippen molar-refractivity contribution in [3.63, 3.8) is 0 Å². The number of rotatable bonds is 5. The highest BCUT2D eigenvalue weighted by Crippen LogP contribution is 2.26. The fraction of sp³-hybridized carbons (Fsp3) is 0.476. The first-order valence-corrected chi connectivity index (χ1v) is 9.61. The molecular weight excluding hydrogens is 342 g/mol. The summed E-state index contributed by atoms with van der Waals surface area (Å²) < 4.78 is 5.86. The van der Waals surface area contributed by atoms with E-state index in [1.165, 1.54) is 19.3 Å². The number of ether oxygens (including phenoxy) is 1. The van der Waals surface area contributed by atoms with Gasteiger partial charge in [-0.3, -0.25) is 14.6 Å². The van der Waals surface area contributed by atoms with Crippen LogP contribution in [0, 0.1) is 12.8 Å². The lowest BCUT2D eigenvalue weighted by atomic mass is 9.88. The number of aryl methyl sites for hydroxylation is 1. The molecule has 1 saturated carbocycles. The predicted octanol–water partition coefficient (Wildman–Crippen LogP) is 3.19. The van der Waals surface area contributed by atoms with Crippen LogP contribution in [0.15, 0.2) is 30.5 Å². The summed E-state index contributed by atoms with van der Waals surface area (Å²) in [5.41, 5.74) is 2.41. The van der Waals surface area contributed by atoms with Gasteiger partial charge in [0.1, 0.15) is 0 Å². The Kier molecular flexibility index (Phi) is 6.40. The minimum Gasteiger partial charge on any atom is -0.376 e. The van der Waals surface area contributed by atoms with Crippen molar-refractivity contribution in [2.24, 2.45) is 5.92 Å². The standard InChI is InChI=1S/C21H27N3O3/c1-14-6-3-4-8-18(14)27-13-12-23-20(25)21(26)24-17-10-9-15(2)19-16(17)7-5-11-22-19/h5,7,9-11,14,18H,3-4,6,8,12-13H2,1-2H3,(H,23,25)(H,24,26)/t14-,18+/m0/s1. The second kappa shape index (κ2) is 8.95. The van der Waals surface area contributed by atoms with Gasteiger partial charge in [0.05, 0.1) is 23.9 Å². The number of pyridine rings is 1. The summed E-state index contributed by atoms with van der Waals surface area (Å²) >= 11 is 0. The third-order valence-electron chi connectivity index (χ3n) is 5.18. The maximum Gasteiger partial charge on any atom is 0.313 e. The Morgan fingerprint density at radius 3 is 2.81 bits per heavy atom. The minimum absolute atomic E-state index is 0.260. The van der Waals surface area contributed by atoms with Crippen molar-refractivity contribution >= 4 is 28.4 Å². The molecule has 6 nitrogen and oxygen atoms in total. The molecule has 1 aliphatic rings. The first kappa shape index (κ1) is 19.3. The van der Waals surface area contributed by atoms with Crippen LogP contribution in [0.4, 0.5) is 5.69 Å². The third-order valence-corrected chi connectivity index (χ3v) is 5.18. The fourth-order valence-corrected chi connectivity index (χ4v) is 3.59. The van der Waals surface area contributed by atoms with Crippen LogP contribution in [0.5, 0.6) is 0 Å². The molecule has 1 fully saturated rings. The maximum atomic E-state index is 12.2. The van der Waals surface area contributed by atoms with Crippen LogP contribution in [0.25, 0.3) is 10.9 Å². The molecule has 2 aromatic rings. The monoisotopic (exact) mass is 369 g/mol. The van der Waals surface area contributed by atoms with Gasteiger partial charge in [-0.1, -0.05) is 25.8 Å². The van der Waals surface area contributed by atoms with Crippen molar-refractivity contribution in [2.75, 3.05) is 18.5 Å². The lowest BCUT2D eigenvalue weighted by Gasteiger charge is -2.28. The van der Waals surface area contributed by atoms with Crippen LogP contribution in [-0.4, -0.2) is 36.1 Å². The lowest BCUT2D eigenvalue weighted by molar-refractivity contribution is -0.136. The van der Waals surface area contributed by atoms with Gasteiger partial charge in [-0.15, -0.1) is 0 Å². The zero-order valence-electron chi connectivity index (χ0n) is 16.0. The molecule has 1 aromatic heterocycles. The van der Waals surface area contributed by atoms with Crippen LogP contribution >= 0.6 is 0 Å². The molecule has 2 amide bonds. The number of nitrogens with zero attached hydrogens (tertiary/aromatic N) is 1. The zero-order valence-corrected chi connectivity index (χ0v) is 16.0. The van der Waals surface area contributed by atoms with E-state index in [2.05, 4.69) is 22.5 Å². The molecule has 0 saturated heterocycles. The molecule has 0 radical (unpaired) electrons. The number of aromatic nitrogens is 1. The lowest BCUT2D eigenvalue weighted by Crippen LogP contribution is -2.38. The third kappa shape index (κ3) is 4.83. The molecule has 144 valence electrons. The number of hydrogen-bond donors (Lipinski definition) is 2. The van der Waals surface area contributed by atoms with Crippen LogP contribution < -0.4 is 10.6 Å². The molecule has 2 atom stereocenters. The summed E-state index contributed by atoms with van der Waals surface area (Å²) in [5.74, 6) is -0.788. The number of amides is 2. The van der Waals surface area contributed by atoms with E-state index in [1.54, 1.807) is 18.3 Å². The van der Waals surface area contributed by atoms with Gasteiger partial charge in [-0.05, 0) is 49.4 Å². The number of nitrogens with one attached hydrogen (secondary N) is 2. The Balaban J connectivity index is 1.50. The molecule has 2 N–H and O–H groups in total. The molecule has 0 unspecified atom stereocenters. The van der Waals surface area contributed by atoms with Gasteiger partial charge in [0.15, 0.2) is 0 Å². The molecule has 0 spiro atoms. The quantitative estimate of drug-likeness (QED) is 0.626. The first-order valence-electron chi connectivity index (χ1n) is 9.61. The van der Waals surface area contributed by atoms with E-state index < -0.39 is 11.8 Å². The SMILES string of the molecule is Cc1ccc(NC(=O)C(=O)NCCO[C@@H]2CCCC[C@@H]2C)c2cccnc12. The summed E-state index contributed by atoms with van der Waals surface area (Å²) in [5, 5.41) is 6.12. The Bertz CT molecular complexity index is 821. The predicted molar refractivity (Wildman–Crippen MR) is 105 cm³/mol. The Morgan fingerprint density at radius 2 is 2.00 bits per heavy atom. The maximum absolute atomic E-state index is 12.2. The van der Waals surface area contributed by atoms with E-state index in [4.69, 9.17) is 4.74 Å². The fourth-order valence-electron chi connectivity index (χ4n) is 3.59. The molecule has 0 aliphatic heterocycles. The van der Waals surface area contributed by atoms with Gasteiger partial charge in [0, 0.05) is 18.1 Å². The van der Waals surface area contributed by atoms with Gasteiger partial charge < -0.3 is 15.4 Å². The highest BCUT2D eigenvalue weighted by atomic mass is 16.5. The van der Waals surface area contributed by atoms with Crippen molar-refractivity contribution in [1.82, 2.24) is 10.3 Å². The van der Waals surface area contributed by atoms with E-state index in [0.717, 1.165) is 22.9 Å². The Morgan fingerprint density at radius 1 is 1.19 bits per heavy atom. The molecule has 1 heterocycles. The Labute approximate surface area is 159 Å². The van der Waals surface area contributed by atoms with E-state index in [9.17, 15) is 9.59 Å². The topological polar surface area (TPSA) is 80.3 Å². The zero-order chi connectivity index (χ0) is 19.2. The largest absolute Gasteiger partial charge is 0.376 e. The van der Waals surface area contributed by atoms with E-state index >= 15 is 0 Å². The summed E-state index contributed by atoms with van der Waals surface area (Å²) in [7, 11) is 0. The van der Waals surface area contributed by atoms with E-state index in [1.807, 2.05) is 19.1 Å². The second-order valence-electron chi connectivity index (χ2n) is 7.21. The highest BCUT2D eigenvalue weighted by Gasteiger charge is 2.22. The van der Waals surface area contributed by atoms with E-state index in [-0.39, 0.29) is 6.10 Å². The molecule has 3 rings (SSSR count). The molecule has 6 heteroatoms. The average molecular weight is 369 g/mol. The van der Waals surface area contributed by atoms with E-state index in [0.29, 0.717) is 24.8 Å². The molecular formula is C21H27N3O3. The molecule has 27 heavy (non-hydrogen) atoms. The molecule has 1 aromatic carbocycles. The number of fused-ring (bicyclic) bond motifs is 1. The normalized spacial score (nSPS) is 19.6. The van der Waals surface area contributed by atoms with Crippen LogP contribution in [-0.2, 0) is 14.3 Å². The summed E-state index contributed by atoms with van der Waals surface area (Å²) in [6.45, 7) is 4.91. The summed E-state index contributed by atoms with van der Waals surface area (Å²) in [6.07, 6.45) is 6.70. The average Bonchev–Trinajstić information content (AvgIpc) is 2.68. The van der Waals surface area contributed by atoms with Crippen LogP contribution in [0.2, 0.25) is 0 Å². The van der Waals surface area contributed by atoms with Gasteiger partial charge in [-0.2, -0.15) is 0 Å². The molecule has 1 aliphatic carbocycles. The Hall–Kier alpha value is -2.47. The van der Waals surface area contributed by atoms with Gasteiger partial charge in [-0.25, -0.2) is 0 Å². The van der Waals surface area contributed by atoms with Gasteiger partial charge in [0.2, 0.25) is 0 Å². The highest BCUT2D eigenvalue weighted by molar-refractivity contribution is 6.40. The van der Waals surface area contributed by atoms with Crippen molar-refractivity contribution in [3.8, 4) is 0 Å². The number of hydrogen-bond acceptors (Lipinski definition) is 4. The van der Waals surface area contributed by atoms with Gasteiger partial charge >= 0.3 is 11.8 Å². The van der Waals surface area contributed by atoms with Gasteiger partial charge in [0.25, 0.3) is 0 Å². The smallest absolute Gasteiger partial charge is 0.313 e. The van der Waals surface area contributed by atoms with Crippen LogP contribution in [0.1, 0.15) is 38.2 Å². The number of carbonyl (C=O) groups excluding carboxylic acids is 2. The van der Waals surface area contributed by atoms with Crippen molar-refractivity contribution in [1.29, 1.82) is 0 Å². The first-order chi connectivity index (χ1) is 13.1. The second-order valence-corrected chi connectivity index (χ2v) is 7.21. The van der Waals surface area contributed by atoms with Crippen molar-refractivity contribution in [3.05, 3.63) is 36.0 Å². The summed E-state index contributed by atoms with van der Waals surface area (Å²) in [6, 6.07) is 7.35.